The molecular weight excluding hydrogens is 348 g/mol. The molecule has 26 heavy (non-hydrogen) atoms. The molecule has 1 atom stereocenters. The lowest BCUT2D eigenvalue weighted by Gasteiger charge is -2.32. The Balaban J connectivity index is 1.85. The molecule has 0 unspecified atom stereocenters. The van der Waals surface area contributed by atoms with Gasteiger partial charge in [0.25, 0.3) is 0 Å². The van der Waals surface area contributed by atoms with Gasteiger partial charge in [0.1, 0.15) is 0 Å². The smallest absolute Gasteiger partial charge is 0.226 e. The molecule has 2 aromatic rings. The average Bonchev–Trinajstić information content (AvgIpc) is 2.58. The van der Waals surface area contributed by atoms with Gasteiger partial charge in [-0.3, -0.25) is 9.59 Å². The number of nitrogens with zero attached hydrogens (tertiary/aromatic N) is 1. The van der Waals surface area contributed by atoms with E-state index in [9.17, 15) is 9.59 Å². The largest absolute Gasteiger partial charge is 0.324 e. The number of benzene rings is 2. The van der Waals surface area contributed by atoms with Crippen molar-refractivity contribution in [1.29, 1.82) is 0 Å². The summed E-state index contributed by atoms with van der Waals surface area (Å²) >= 11 is 6.29. The van der Waals surface area contributed by atoms with Gasteiger partial charge in [-0.05, 0) is 48.2 Å². The van der Waals surface area contributed by atoms with E-state index in [1.165, 1.54) is 6.92 Å². The number of carbonyl (C=O) groups excluding carboxylic acids is 2. The number of rotatable bonds is 3. The van der Waals surface area contributed by atoms with Crippen LogP contribution in [0.25, 0.3) is 6.08 Å². The Morgan fingerprint density at radius 1 is 1.19 bits per heavy atom. The summed E-state index contributed by atoms with van der Waals surface area (Å²) in [6.07, 6.45) is 3.80. The van der Waals surface area contributed by atoms with E-state index in [2.05, 4.69) is 5.32 Å². The summed E-state index contributed by atoms with van der Waals surface area (Å²) in [5, 5.41) is 3.43. The third kappa shape index (κ3) is 3.65. The van der Waals surface area contributed by atoms with Gasteiger partial charge in [-0.25, -0.2) is 0 Å². The van der Waals surface area contributed by atoms with Crippen molar-refractivity contribution in [3.63, 3.8) is 0 Å². The number of anilines is 1. The summed E-state index contributed by atoms with van der Waals surface area (Å²) in [4.78, 5) is 26.3. The maximum Gasteiger partial charge on any atom is 0.226 e. The van der Waals surface area contributed by atoms with Crippen molar-refractivity contribution in [3.05, 3.63) is 69.9 Å². The van der Waals surface area contributed by atoms with Crippen LogP contribution in [0.1, 0.15) is 41.6 Å². The third-order valence-corrected chi connectivity index (χ3v) is 4.84. The lowest BCUT2D eigenvalue weighted by Crippen LogP contribution is -2.33. The van der Waals surface area contributed by atoms with Gasteiger partial charge in [0.05, 0.1) is 23.2 Å². The topological polar surface area (TPSA) is 49.4 Å². The number of nitrogens with one attached hydrogen (secondary N) is 1. The van der Waals surface area contributed by atoms with E-state index < -0.39 is 0 Å². The molecule has 0 aromatic heterocycles. The highest BCUT2D eigenvalue weighted by molar-refractivity contribution is 6.34. The molecule has 0 bridgehead atoms. The van der Waals surface area contributed by atoms with Crippen LogP contribution in [0.2, 0.25) is 5.02 Å². The van der Waals surface area contributed by atoms with Crippen LogP contribution < -0.4 is 5.32 Å². The van der Waals surface area contributed by atoms with Crippen LogP contribution in [0.15, 0.2) is 42.6 Å². The number of amides is 2. The molecule has 0 fully saturated rings. The van der Waals surface area contributed by atoms with Crippen molar-refractivity contribution >= 4 is 35.2 Å². The Bertz CT molecular complexity index is 882. The molecule has 4 nitrogen and oxygen atoms in total. The van der Waals surface area contributed by atoms with Gasteiger partial charge in [-0.15, -0.1) is 0 Å². The molecule has 1 aliphatic heterocycles. The van der Waals surface area contributed by atoms with Crippen molar-refractivity contribution in [2.45, 2.75) is 33.2 Å². The summed E-state index contributed by atoms with van der Waals surface area (Å²) in [5.74, 6) is -0.279. The highest BCUT2D eigenvalue weighted by Gasteiger charge is 2.28. The Kier molecular flexibility index (Phi) is 5.14. The van der Waals surface area contributed by atoms with E-state index in [4.69, 9.17) is 11.6 Å². The lowest BCUT2D eigenvalue weighted by atomic mass is 9.93. The zero-order valence-electron chi connectivity index (χ0n) is 15.0. The van der Waals surface area contributed by atoms with Gasteiger partial charge in [0, 0.05) is 13.1 Å². The van der Waals surface area contributed by atoms with Gasteiger partial charge < -0.3 is 10.2 Å². The van der Waals surface area contributed by atoms with Gasteiger partial charge in [0.15, 0.2) is 0 Å². The first-order chi connectivity index (χ1) is 12.4. The first kappa shape index (κ1) is 18.2. The van der Waals surface area contributed by atoms with Crippen molar-refractivity contribution < 1.29 is 9.59 Å². The molecule has 3 rings (SSSR count). The predicted molar refractivity (Wildman–Crippen MR) is 105 cm³/mol. The van der Waals surface area contributed by atoms with Crippen LogP contribution >= 0.6 is 11.6 Å². The standard InChI is InChI=1S/C21H21ClN2O2/c1-13-10-14(2)21(18(22)11-13)23-20(26)12-19-17-7-5-4-6-16(17)8-9-24(19)15(3)25/h4-11,19H,12H2,1-3H3,(H,23,26)/t19-/m0/s1. The molecule has 2 aromatic carbocycles. The molecule has 1 heterocycles. The number of halogens is 1. The maximum absolute atomic E-state index is 12.7. The van der Waals surface area contributed by atoms with Gasteiger partial charge >= 0.3 is 0 Å². The van der Waals surface area contributed by atoms with E-state index in [1.54, 1.807) is 11.1 Å². The molecule has 1 N–H and O–H groups in total. The Hall–Kier alpha value is -2.59. The molecule has 0 radical (unpaired) electrons. The van der Waals surface area contributed by atoms with Gasteiger partial charge in [-0.1, -0.05) is 41.9 Å². The second-order valence-corrected chi connectivity index (χ2v) is 6.98. The molecule has 134 valence electrons. The SMILES string of the molecule is CC(=O)N1C=Cc2ccccc2[C@@H]1CC(=O)Nc1c(C)cc(C)cc1Cl. The Morgan fingerprint density at radius 3 is 2.62 bits per heavy atom. The highest BCUT2D eigenvalue weighted by atomic mass is 35.5. The fourth-order valence-electron chi connectivity index (χ4n) is 3.35. The summed E-state index contributed by atoms with van der Waals surface area (Å²) < 4.78 is 0. The summed E-state index contributed by atoms with van der Waals surface area (Å²) in [6, 6.07) is 11.3. The number of carbonyl (C=O) groups is 2. The maximum atomic E-state index is 12.7. The number of aryl methyl sites for hydroxylation is 2. The quantitative estimate of drug-likeness (QED) is 0.841. The Morgan fingerprint density at radius 2 is 1.92 bits per heavy atom. The van der Waals surface area contributed by atoms with Crippen LogP contribution in [0.5, 0.6) is 0 Å². The van der Waals surface area contributed by atoms with Crippen LogP contribution in [-0.4, -0.2) is 16.7 Å². The minimum Gasteiger partial charge on any atom is -0.324 e. The van der Waals surface area contributed by atoms with Gasteiger partial charge in [-0.2, -0.15) is 0 Å². The Labute approximate surface area is 158 Å². The van der Waals surface area contributed by atoms with Crippen LogP contribution in [0.3, 0.4) is 0 Å². The first-order valence-electron chi connectivity index (χ1n) is 8.49. The second kappa shape index (κ2) is 7.34. The number of hydrogen-bond acceptors (Lipinski definition) is 2. The molecule has 0 aliphatic carbocycles. The molecule has 5 heteroatoms. The van der Waals surface area contributed by atoms with Crippen molar-refractivity contribution in [1.82, 2.24) is 4.90 Å². The van der Waals surface area contributed by atoms with Crippen LogP contribution in [0, 0.1) is 13.8 Å². The summed E-state index contributed by atoms with van der Waals surface area (Å²) in [6.45, 7) is 5.37. The minimum atomic E-state index is -0.335. The monoisotopic (exact) mass is 368 g/mol. The minimum absolute atomic E-state index is 0.0990. The fraction of sp³-hybridized carbons (Fsp3) is 0.238. The summed E-state index contributed by atoms with van der Waals surface area (Å²) in [5.41, 5.74) is 4.56. The molecule has 0 spiro atoms. The third-order valence-electron chi connectivity index (χ3n) is 4.54. The molecular formula is C21H21ClN2O2. The zero-order chi connectivity index (χ0) is 18.8. The zero-order valence-corrected chi connectivity index (χ0v) is 15.8. The summed E-state index contributed by atoms with van der Waals surface area (Å²) in [7, 11) is 0. The predicted octanol–water partition coefficient (Wildman–Crippen LogP) is 4.86. The van der Waals surface area contributed by atoms with E-state index in [0.29, 0.717) is 10.7 Å². The lowest BCUT2D eigenvalue weighted by molar-refractivity contribution is -0.129. The van der Waals surface area contributed by atoms with Crippen molar-refractivity contribution in [2.24, 2.45) is 0 Å². The van der Waals surface area contributed by atoms with Crippen molar-refractivity contribution in [3.8, 4) is 0 Å². The number of fused-ring (bicyclic) bond motifs is 1. The van der Waals surface area contributed by atoms with Gasteiger partial charge in [0.2, 0.25) is 11.8 Å². The number of hydrogen-bond donors (Lipinski definition) is 1. The molecule has 0 saturated heterocycles. The first-order valence-corrected chi connectivity index (χ1v) is 8.87. The van der Waals surface area contributed by atoms with E-state index in [-0.39, 0.29) is 24.3 Å². The molecule has 2 amide bonds. The second-order valence-electron chi connectivity index (χ2n) is 6.58. The van der Waals surface area contributed by atoms with Crippen molar-refractivity contribution in [2.75, 3.05) is 5.32 Å². The normalized spacial score (nSPS) is 15.5. The highest BCUT2D eigenvalue weighted by Crippen LogP contribution is 2.34. The van der Waals surface area contributed by atoms with Crippen LogP contribution in [-0.2, 0) is 9.59 Å². The average molecular weight is 369 g/mol. The van der Waals surface area contributed by atoms with E-state index >= 15 is 0 Å². The molecule has 1 aliphatic rings. The fourth-order valence-corrected chi connectivity index (χ4v) is 3.72. The van der Waals surface area contributed by atoms with Crippen LogP contribution in [0.4, 0.5) is 5.69 Å². The van der Waals surface area contributed by atoms with E-state index in [0.717, 1.165) is 22.3 Å². The van der Waals surface area contributed by atoms with E-state index in [1.807, 2.05) is 56.3 Å². The molecule has 0 saturated carbocycles.